The van der Waals surface area contributed by atoms with Crippen LogP contribution in [0.3, 0.4) is 0 Å². The Hall–Kier alpha value is -2.21. The molecule has 124 valence electrons. The topological polar surface area (TPSA) is 84.3 Å². The first-order valence-corrected chi connectivity index (χ1v) is 7.69. The zero-order chi connectivity index (χ0) is 16.9. The molecule has 0 bridgehead atoms. The van der Waals surface area contributed by atoms with Crippen molar-refractivity contribution in [2.75, 3.05) is 6.54 Å². The number of aromatic nitrogens is 2. The number of benzene rings is 1. The molecule has 1 aromatic heterocycles. The highest BCUT2D eigenvalue weighted by atomic mass is 16.6. The third-order valence-electron chi connectivity index (χ3n) is 3.13. The first kappa shape index (κ1) is 17.1. The molecule has 0 saturated heterocycles. The Labute approximate surface area is 135 Å². The highest BCUT2D eigenvalue weighted by Gasteiger charge is 2.15. The molecule has 0 atom stereocenters. The van der Waals surface area contributed by atoms with Crippen molar-refractivity contribution in [2.24, 2.45) is 0 Å². The van der Waals surface area contributed by atoms with E-state index in [1.54, 1.807) is 6.20 Å². The van der Waals surface area contributed by atoms with Gasteiger partial charge in [-0.1, -0.05) is 6.07 Å². The standard InChI is InChI=1S/C17H23N3O3/c1-17(2,3)23-16(22)18-8-4-5-12-6-7-14-15(9-12)19-10-13(11-21)20-14/h6-7,9-10,21H,4-5,8,11H2,1-3H3,(H,18,22). The van der Waals surface area contributed by atoms with Gasteiger partial charge < -0.3 is 15.2 Å². The number of aryl methyl sites for hydroxylation is 1. The second-order valence-electron chi connectivity index (χ2n) is 6.37. The van der Waals surface area contributed by atoms with Gasteiger partial charge >= 0.3 is 6.09 Å². The molecule has 2 rings (SSSR count). The minimum atomic E-state index is -0.478. The van der Waals surface area contributed by atoms with E-state index in [4.69, 9.17) is 9.84 Å². The van der Waals surface area contributed by atoms with Crippen LogP contribution in [0.15, 0.2) is 24.4 Å². The van der Waals surface area contributed by atoms with Crippen LogP contribution < -0.4 is 5.32 Å². The summed E-state index contributed by atoms with van der Waals surface area (Å²) in [4.78, 5) is 20.1. The molecule has 0 unspecified atom stereocenters. The van der Waals surface area contributed by atoms with Crippen LogP contribution in [0.1, 0.15) is 38.4 Å². The molecule has 1 heterocycles. The monoisotopic (exact) mass is 317 g/mol. The lowest BCUT2D eigenvalue weighted by atomic mass is 10.1. The van der Waals surface area contributed by atoms with Gasteiger partial charge in [-0.05, 0) is 51.3 Å². The number of fused-ring (bicyclic) bond motifs is 1. The quantitative estimate of drug-likeness (QED) is 0.828. The first-order valence-electron chi connectivity index (χ1n) is 7.69. The van der Waals surface area contributed by atoms with Crippen LogP contribution in [0.5, 0.6) is 0 Å². The van der Waals surface area contributed by atoms with Crippen LogP contribution in [0.2, 0.25) is 0 Å². The summed E-state index contributed by atoms with van der Waals surface area (Å²) in [5.74, 6) is 0. The van der Waals surface area contributed by atoms with Gasteiger partial charge in [-0.3, -0.25) is 4.98 Å². The van der Waals surface area contributed by atoms with Gasteiger partial charge in [-0.25, -0.2) is 9.78 Å². The van der Waals surface area contributed by atoms with E-state index in [9.17, 15) is 4.79 Å². The van der Waals surface area contributed by atoms with Gasteiger partial charge in [0.1, 0.15) is 5.60 Å². The molecule has 23 heavy (non-hydrogen) atoms. The molecule has 0 spiro atoms. The molecule has 6 heteroatoms. The number of hydrogen-bond acceptors (Lipinski definition) is 5. The van der Waals surface area contributed by atoms with Crippen LogP contribution in [0, 0.1) is 0 Å². The molecule has 6 nitrogen and oxygen atoms in total. The van der Waals surface area contributed by atoms with Gasteiger partial charge in [-0.2, -0.15) is 0 Å². The SMILES string of the molecule is CC(C)(C)OC(=O)NCCCc1ccc2nc(CO)cnc2c1. The number of carbonyl (C=O) groups excluding carboxylic acids is 1. The molecule has 0 saturated carbocycles. The van der Waals surface area contributed by atoms with Crippen molar-refractivity contribution >= 4 is 17.1 Å². The maximum atomic E-state index is 11.5. The minimum absolute atomic E-state index is 0.110. The van der Waals surface area contributed by atoms with Crippen LogP contribution in [-0.4, -0.2) is 33.3 Å². The van der Waals surface area contributed by atoms with E-state index in [0.717, 1.165) is 29.4 Å². The Bertz CT molecular complexity index is 680. The Morgan fingerprint density at radius 2 is 2.09 bits per heavy atom. The maximum Gasteiger partial charge on any atom is 0.407 e. The van der Waals surface area contributed by atoms with Crippen LogP contribution >= 0.6 is 0 Å². The number of aliphatic hydroxyl groups is 1. The first-order chi connectivity index (χ1) is 10.9. The zero-order valence-corrected chi connectivity index (χ0v) is 13.8. The summed E-state index contributed by atoms with van der Waals surface area (Å²) in [6, 6.07) is 5.88. The summed E-state index contributed by atoms with van der Waals surface area (Å²) >= 11 is 0. The smallest absolute Gasteiger partial charge is 0.407 e. The number of hydrogen-bond donors (Lipinski definition) is 2. The van der Waals surface area contributed by atoms with Crippen molar-refractivity contribution < 1.29 is 14.6 Å². The molecule has 0 aliphatic rings. The molecule has 1 aromatic carbocycles. The number of alkyl carbamates (subject to hydrolysis) is 1. The lowest BCUT2D eigenvalue weighted by molar-refractivity contribution is 0.0527. The number of aliphatic hydroxyl groups excluding tert-OH is 1. The van der Waals surface area contributed by atoms with Gasteiger partial charge in [0.2, 0.25) is 0 Å². The summed E-state index contributed by atoms with van der Waals surface area (Å²) in [5, 5.41) is 11.8. The van der Waals surface area contributed by atoms with E-state index in [2.05, 4.69) is 15.3 Å². The van der Waals surface area contributed by atoms with E-state index in [-0.39, 0.29) is 6.61 Å². The molecular weight excluding hydrogens is 294 g/mol. The van der Waals surface area contributed by atoms with E-state index in [1.807, 2.05) is 39.0 Å². The van der Waals surface area contributed by atoms with Gasteiger partial charge in [0.15, 0.2) is 0 Å². The normalized spacial score (nSPS) is 11.5. The number of carbonyl (C=O) groups is 1. The number of amides is 1. The number of rotatable bonds is 5. The molecule has 2 aromatic rings. The van der Waals surface area contributed by atoms with E-state index < -0.39 is 11.7 Å². The van der Waals surface area contributed by atoms with Crippen molar-refractivity contribution in [1.82, 2.24) is 15.3 Å². The Morgan fingerprint density at radius 3 is 2.78 bits per heavy atom. The second kappa shape index (κ2) is 7.37. The lowest BCUT2D eigenvalue weighted by Crippen LogP contribution is -2.33. The number of ether oxygens (including phenoxy) is 1. The Kier molecular flexibility index (Phi) is 5.50. The van der Waals surface area contributed by atoms with Gasteiger partial charge in [0.25, 0.3) is 0 Å². The summed E-state index contributed by atoms with van der Waals surface area (Å²) in [7, 11) is 0. The Balaban J connectivity index is 1.84. The molecule has 0 aliphatic heterocycles. The maximum absolute atomic E-state index is 11.5. The second-order valence-corrected chi connectivity index (χ2v) is 6.37. The van der Waals surface area contributed by atoms with Crippen LogP contribution in [0.4, 0.5) is 4.79 Å². The molecule has 0 fully saturated rings. The van der Waals surface area contributed by atoms with Gasteiger partial charge in [-0.15, -0.1) is 0 Å². The summed E-state index contributed by atoms with van der Waals surface area (Å²) in [5.41, 5.74) is 2.79. The van der Waals surface area contributed by atoms with Crippen molar-refractivity contribution in [1.29, 1.82) is 0 Å². The fraction of sp³-hybridized carbons (Fsp3) is 0.471. The van der Waals surface area contributed by atoms with Crippen LogP contribution in [-0.2, 0) is 17.8 Å². The molecule has 1 amide bonds. The highest BCUT2D eigenvalue weighted by molar-refractivity contribution is 5.74. The number of nitrogens with zero attached hydrogens (tertiary/aromatic N) is 2. The molecule has 2 N–H and O–H groups in total. The van der Waals surface area contributed by atoms with Crippen molar-refractivity contribution in [3.05, 3.63) is 35.7 Å². The third kappa shape index (κ3) is 5.49. The van der Waals surface area contributed by atoms with E-state index in [1.165, 1.54) is 0 Å². The largest absolute Gasteiger partial charge is 0.444 e. The Morgan fingerprint density at radius 1 is 1.30 bits per heavy atom. The van der Waals surface area contributed by atoms with Crippen LogP contribution in [0.25, 0.3) is 11.0 Å². The number of nitrogens with one attached hydrogen (secondary N) is 1. The van der Waals surface area contributed by atoms with Crippen molar-refractivity contribution in [3.63, 3.8) is 0 Å². The third-order valence-corrected chi connectivity index (χ3v) is 3.13. The van der Waals surface area contributed by atoms with Crippen molar-refractivity contribution in [3.8, 4) is 0 Å². The summed E-state index contributed by atoms with van der Waals surface area (Å²) < 4.78 is 5.18. The van der Waals surface area contributed by atoms with Gasteiger partial charge in [0.05, 0.1) is 29.5 Å². The summed E-state index contributed by atoms with van der Waals surface area (Å²) in [6.07, 6.45) is 2.83. The molecular formula is C17H23N3O3. The zero-order valence-electron chi connectivity index (χ0n) is 13.8. The molecule has 0 aliphatic carbocycles. The fourth-order valence-electron chi connectivity index (χ4n) is 2.12. The fourth-order valence-corrected chi connectivity index (χ4v) is 2.12. The average molecular weight is 317 g/mol. The van der Waals surface area contributed by atoms with Crippen molar-refractivity contribution in [2.45, 2.75) is 45.8 Å². The van der Waals surface area contributed by atoms with Gasteiger partial charge in [0, 0.05) is 6.54 Å². The van der Waals surface area contributed by atoms with E-state index in [0.29, 0.717) is 12.2 Å². The minimum Gasteiger partial charge on any atom is -0.444 e. The predicted molar refractivity (Wildman–Crippen MR) is 88.0 cm³/mol. The highest BCUT2D eigenvalue weighted by Crippen LogP contribution is 2.14. The lowest BCUT2D eigenvalue weighted by Gasteiger charge is -2.19. The average Bonchev–Trinajstić information content (AvgIpc) is 2.49. The predicted octanol–water partition coefficient (Wildman–Crippen LogP) is 2.58. The summed E-state index contributed by atoms with van der Waals surface area (Å²) in [6.45, 7) is 5.96. The van der Waals surface area contributed by atoms with E-state index >= 15 is 0 Å². The molecule has 0 radical (unpaired) electrons.